The van der Waals surface area contributed by atoms with Crippen molar-refractivity contribution in [1.29, 1.82) is 0 Å². The number of anilines is 1. The van der Waals surface area contributed by atoms with E-state index in [1.54, 1.807) is 18.2 Å². The van der Waals surface area contributed by atoms with E-state index in [1.165, 1.54) is 0 Å². The van der Waals surface area contributed by atoms with Crippen LogP contribution in [0.1, 0.15) is 0 Å². The van der Waals surface area contributed by atoms with Gasteiger partial charge < -0.3 is 10.3 Å². The summed E-state index contributed by atoms with van der Waals surface area (Å²) in [6, 6.07) is 12.9. The molecule has 21 heavy (non-hydrogen) atoms. The Bertz CT molecular complexity index is 817. The average molecular weight is 384 g/mol. The van der Waals surface area contributed by atoms with Gasteiger partial charge in [0.1, 0.15) is 0 Å². The van der Waals surface area contributed by atoms with Gasteiger partial charge in [-0.1, -0.05) is 56.4 Å². The Balaban J connectivity index is 2.22. The SMILES string of the molecule is Nc1noc(-c2ccc(Br)cc2Cl)c1-c1cccc(Cl)c1. The normalized spacial score (nSPS) is 10.8. The van der Waals surface area contributed by atoms with Crippen LogP contribution in [0.3, 0.4) is 0 Å². The summed E-state index contributed by atoms with van der Waals surface area (Å²) < 4.78 is 6.26. The van der Waals surface area contributed by atoms with Crippen molar-refractivity contribution >= 4 is 44.9 Å². The van der Waals surface area contributed by atoms with Gasteiger partial charge >= 0.3 is 0 Å². The second-order valence-corrected chi connectivity index (χ2v) is 6.17. The van der Waals surface area contributed by atoms with Gasteiger partial charge in [-0.3, -0.25) is 0 Å². The van der Waals surface area contributed by atoms with Crippen LogP contribution in [0.4, 0.5) is 5.82 Å². The highest BCUT2D eigenvalue weighted by Crippen LogP contribution is 2.40. The molecule has 3 rings (SSSR count). The molecule has 2 aromatic carbocycles. The monoisotopic (exact) mass is 382 g/mol. The quantitative estimate of drug-likeness (QED) is 0.621. The Kier molecular flexibility index (Phi) is 3.93. The molecule has 0 fully saturated rings. The van der Waals surface area contributed by atoms with E-state index in [1.807, 2.05) is 24.3 Å². The highest BCUT2D eigenvalue weighted by Gasteiger charge is 2.20. The molecule has 0 aliphatic rings. The third-order valence-corrected chi connectivity index (χ3v) is 4.05. The molecule has 1 heterocycles. The van der Waals surface area contributed by atoms with Crippen molar-refractivity contribution in [3.05, 3.63) is 57.0 Å². The Morgan fingerprint density at radius 3 is 2.62 bits per heavy atom. The van der Waals surface area contributed by atoms with Gasteiger partial charge in [0, 0.05) is 15.1 Å². The molecule has 2 N–H and O–H groups in total. The summed E-state index contributed by atoms with van der Waals surface area (Å²) in [7, 11) is 0. The van der Waals surface area contributed by atoms with Crippen molar-refractivity contribution in [2.45, 2.75) is 0 Å². The fourth-order valence-electron chi connectivity index (χ4n) is 2.08. The molecule has 3 nitrogen and oxygen atoms in total. The molecule has 1 aromatic heterocycles. The molecule has 3 aromatic rings. The van der Waals surface area contributed by atoms with Crippen molar-refractivity contribution in [3.8, 4) is 22.5 Å². The van der Waals surface area contributed by atoms with Gasteiger partial charge in [0.05, 0.1) is 10.6 Å². The lowest BCUT2D eigenvalue weighted by molar-refractivity contribution is 0.436. The molecule has 0 atom stereocenters. The zero-order chi connectivity index (χ0) is 15.0. The summed E-state index contributed by atoms with van der Waals surface area (Å²) in [6.45, 7) is 0. The second-order valence-electron chi connectivity index (χ2n) is 4.41. The minimum absolute atomic E-state index is 0.297. The number of nitrogens with two attached hydrogens (primary N) is 1. The van der Waals surface area contributed by atoms with Crippen molar-refractivity contribution in [2.24, 2.45) is 0 Å². The summed E-state index contributed by atoms with van der Waals surface area (Å²) >= 11 is 15.7. The van der Waals surface area contributed by atoms with E-state index in [4.69, 9.17) is 33.5 Å². The minimum Gasteiger partial charge on any atom is -0.380 e. The molecule has 6 heteroatoms. The van der Waals surface area contributed by atoms with Gasteiger partial charge in [0.15, 0.2) is 11.6 Å². The molecule has 0 bridgehead atoms. The largest absolute Gasteiger partial charge is 0.380 e. The van der Waals surface area contributed by atoms with Gasteiger partial charge in [0.25, 0.3) is 0 Å². The van der Waals surface area contributed by atoms with Crippen LogP contribution in [0, 0.1) is 0 Å². The number of nitrogen functional groups attached to an aromatic ring is 1. The standard InChI is InChI=1S/C15H9BrCl2N2O/c16-9-4-5-11(12(18)7-9)14-13(15(19)20-21-14)8-2-1-3-10(17)6-8/h1-7H,(H2,19,20). The van der Waals surface area contributed by atoms with Crippen LogP contribution in [0.25, 0.3) is 22.5 Å². The van der Waals surface area contributed by atoms with Crippen molar-refractivity contribution in [1.82, 2.24) is 5.16 Å². The van der Waals surface area contributed by atoms with Gasteiger partial charge in [-0.2, -0.15) is 0 Å². The maximum atomic E-state index is 6.28. The maximum absolute atomic E-state index is 6.28. The molecule has 0 saturated carbocycles. The Morgan fingerprint density at radius 2 is 1.90 bits per heavy atom. The predicted octanol–water partition coefficient (Wildman–Crippen LogP) is 5.66. The van der Waals surface area contributed by atoms with Gasteiger partial charge in [-0.05, 0) is 35.9 Å². The van der Waals surface area contributed by atoms with Crippen LogP contribution in [0.15, 0.2) is 51.5 Å². The Morgan fingerprint density at radius 1 is 1.10 bits per heavy atom. The highest BCUT2D eigenvalue weighted by atomic mass is 79.9. The Hall–Kier alpha value is -1.49. The smallest absolute Gasteiger partial charge is 0.178 e. The lowest BCUT2D eigenvalue weighted by Crippen LogP contribution is -1.89. The summed E-state index contributed by atoms with van der Waals surface area (Å²) in [6.07, 6.45) is 0. The molecule has 0 aliphatic heterocycles. The van der Waals surface area contributed by atoms with E-state index in [2.05, 4.69) is 21.1 Å². The van der Waals surface area contributed by atoms with Crippen molar-refractivity contribution in [3.63, 3.8) is 0 Å². The number of aromatic nitrogens is 1. The number of rotatable bonds is 2. The van der Waals surface area contributed by atoms with E-state index in [0.29, 0.717) is 27.2 Å². The van der Waals surface area contributed by atoms with E-state index in [9.17, 15) is 0 Å². The third kappa shape index (κ3) is 2.79. The summed E-state index contributed by atoms with van der Waals surface area (Å²) in [5.41, 5.74) is 8.17. The number of nitrogens with zero attached hydrogens (tertiary/aromatic N) is 1. The van der Waals surface area contributed by atoms with E-state index in [-0.39, 0.29) is 0 Å². The Labute approximate surface area is 139 Å². The zero-order valence-electron chi connectivity index (χ0n) is 10.6. The van der Waals surface area contributed by atoms with Gasteiger partial charge in [0.2, 0.25) is 0 Å². The van der Waals surface area contributed by atoms with E-state index < -0.39 is 0 Å². The molecule has 106 valence electrons. The van der Waals surface area contributed by atoms with Crippen LogP contribution in [-0.2, 0) is 0 Å². The first-order valence-electron chi connectivity index (χ1n) is 6.03. The molecule has 0 aliphatic carbocycles. The van der Waals surface area contributed by atoms with Crippen molar-refractivity contribution < 1.29 is 4.52 Å². The van der Waals surface area contributed by atoms with Crippen LogP contribution in [-0.4, -0.2) is 5.16 Å². The summed E-state index contributed by atoms with van der Waals surface area (Å²) in [5, 5.41) is 5.01. The molecular formula is C15H9BrCl2N2O. The zero-order valence-corrected chi connectivity index (χ0v) is 13.7. The van der Waals surface area contributed by atoms with E-state index >= 15 is 0 Å². The highest BCUT2D eigenvalue weighted by molar-refractivity contribution is 9.10. The van der Waals surface area contributed by atoms with Crippen LogP contribution < -0.4 is 5.73 Å². The minimum atomic E-state index is 0.297. The first-order valence-corrected chi connectivity index (χ1v) is 7.57. The average Bonchev–Trinajstić information content (AvgIpc) is 2.80. The fourth-order valence-corrected chi connectivity index (χ4v) is 3.03. The maximum Gasteiger partial charge on any atom is 0.178 e. The molecule has 0 spiro atoms. The topological polar surface area (TPSA) is 52.0 Å². The molecular weight excluding hydrogens is 375 g/mol. The third-order valence-electron chi connectivity index (χ3n) is 3.01. The number of benzene rings is 2. The van der Waals surface area contributed by atoms with Crippen LogP contribution in [0.2, 0.25) is 10.0 Å². The molecule has 0 radical (unpaired) electrons. The lowest BCUT2D eigenvalue weighted by atomic mass is 10.0. The second kappa shape index (κ2) is 5.72. The van der Waals surface area contributed by atoms with Gasteiger partial charge in [-0.15, -0.1) is 0 Å². The van der Waals surface area contributed by atoms with Crippen LogP contribution >= 0.6 is 39.1 Å². The number of halogens is 3. The molecule has 0 amide bonds. The van der Waals surface area contributed by atoms with E-state index in [0.717, 1.165) is 15.6 Å². The molecule has 0 unspecified atom stereocenters. The fraction of sp³-hybridized carbons (Fsp3) is 0. The summed E-state index contributed by atoms with van der Waals surface area (Å²) in [5.74, 6) is 0.818. The molecule has 0 saturated heterocycles. The first-order chi connectivity index (χ1) is 10.1. The van der Waals surface area contributed by atoms with Crippen LogP contribution in [0.5, 0.6) is 0 Å². The summed E-state index contributed by atoms with van der Waals surface area (Å²) in [4.78, 5) is 0. The first kappa shape index (κ1) is 14.4. The number of hydrogen-bond acceptors (Lipinski definition) is 3. The predicted molar refractivity (Wildman–Crippen MR) is 89.5 cm³/mol. The van der Waals surface area contributed by atoms with Crippen molar-refractivity contribution in [2.75, 3.05) is 5.73 Å². The lowest BCUT2D eigenvalue weighted by Gasteiger charge is -2.05. The van der Waals surface area contributed by atoms with Gasteiger partial charge in [-0.25, -0.2) is 0 Å². The number of hydrogen-bond donors (Lipinski definition) is 1.